The Kier molecular flexibility index (Phi) is 8.13. The van der Waals surface area contributed by atoms with Crippen LogP contribution in [0.5, 0.6) is 5.75 Å². The van der Waals surface area contributed by atoms with Gasteiger partial charge in [-0.2, -0.15) is 5.10 Å². The Morgan fingerprint density at radius 1 is 0.944 bits per heavy atom. The number of hydrogen-bond acceptors (Lipinski definition) is 5. The van der Waals surface area contributed by atoms with Gasteiger partial charge in [0.15, 0.2) is 6.04 Å². The summed E-state index contributed by atoms with van der Waals surface area (Å²) in [7, 11) is 1.63. The number of aromatic nitrogens is 2. The van der Waals surface area contributed by atoms with Crippen molar-refractivity contribution in [3.63, 3.8) is 0 Å². The fraction of sp³-hybridized carbons (Fsp3) is 0.207. The molecule has 0 saturated carbocycles. The highest BCUT2D eigenvalue weighted by Crippen LogP contribution is 2.26. The quantitative estimate of drug-likeness (QED) is 0.325. The minimum absolute atomic E-state index is 0.177. The van der Waals surface area contributed by atoms with Gasteiger partial charge in [0.2, 0.25) is 5.91 Å². The third-order valence-electron chi connectivity index (χ3n) is 5.72. The molecule has 3 aromatic carbocycles. The largest absolute Gasteiger partial charge is 0.497 e. The molecule has 1 heterocycles. The average molecular weight is 484 g/mol. The van der Waals surface area contributed by atoms with Crippen molar-refractivity contribution in [3.05, 3.63) is 102 Å². The van der Waals surface area contributed by atoms with E-state index >= 15 is 0 Å². The Hall–Kier alpha value is -4.39. The lowest BCUT2D eigenvalue weighted by molar-refractivity contribution is -0.147. The Morgan fingerprint density at radius 3 is 2.25 bits per heavy atom. The zero-order chi connectivity index (χ0) is 25.3. The van der Waals surface area contributed by atoms with Crippen LogP contribution < -0.4 is 10.1 Å². The maximum atomic E-state index is 12.8. The number of nitrogens with zero attached hydrogens (tertiary/aromatic N) is 2. The fourth-order valence-corrected chi connectivity index (χ4v) is 3.91. The topological polar surface area (TPSA) is 82.5 Å². The monoisotopic (exact) mass is 483 g/mol. The number of hydrogen-bond donors (Lipinski definition) is 1. The minimum atomic E-state index is -0.851. The Labute approximate surface area is 210 Å². The van der Waals surface area contributed by atoms with Gasteiger partial charge in [-0.25, -0.2) is 9.48 Å². The molecule has 0 radical (unpaired) electrons. The van der Waals surface area contributed by atoms with E-state index < -0.39 is 12.0 Å². The van der Waals surface area contributed by atoms with Crippen LogP contribution in [0.3, 0.4) is 0 Å². The molecule has 1 aromatic heterocycles. The smallest absolute Gasteiger partial charge is 0.333 e. The molecule has 0 fully saturated rings. The number of aryl methyl sites for hydroxylation is 1. The number of nitrogens with one attached hydrogen (secondary N) is 1. The summed E-state index contributed by atoms with van der Waals surface area (Å²) in [5.74, 6) is 0.0306. The normalized spacial score (nSPS) is 11.5. The molecule has 0 aliphatic heterocycles. The first-order valence-electron chi connectivity index (χ1n) is 11.9. The molecule has 184 valence electrons. The van der Waals surface area contributed by atoms with Crippen molar-refractivity contribution in [1.29, 1.82) is 0 Å². The molecule has 36 heavy (non-hydrogen) atoms. The second-order valence-electron chi connectivity index (χ2n) is 8.16. The lowest BCUT2D eigenvalue weighted by atomic mass is 10.1. The summed E-state index contributed by atoms with van der Waals surface area (Å²) < 4.78 is 12.3. The van der Waals surface area contributed by atoms with E-state index in [1.807, 2.05) is 83.5 Å². The number of rotatable bonds is 10. The zero-order valence-electron chi connectivity index (χ0n) is 20.4. The van der Waals surface area contributed by atoms with Crippen molar-refractivity contribution in [2.75, 3.05) is 13.7 Å². The summed E-state index contributed by atoms with van der Waals surface area (Å²) in [4.78, 5) is 25.3. The van der Waals surface area contributed by atoms with Crippen LogP contribution in [-0.2, 0) is 20.7 Å². The van der Waals surface area contributed by atoms with Crippen LogP contribution in [0.1, 0.15) is 30.6 Å². The molecule has 7 heteroatoms. The molecular weight excluding hydrogens is 454 g/mol. The summed E-state index contributed by atoms with van der Waals surface area (Å²) in [6.07, 6.45) is 0.593. The molecule has 4 aromatic rings. The number of carbonyl (C=O) groups is 2. The summed E-state index contributed by atoms with van der Waals surface area (Å²) in [6, 6.07) is 27.9. The van der Waals surface area contributed by atoms with Gasteiger partial charge in [-0.3, -0.25) is 4.79 Å². The maximum Gasteiger partial charge on any atom is 0.333 e. The van der Waals surface area contributed by atoms with E-state index in [1.54, 1.807) is 26.2 Å². The molecule has 0 saturated heterocycles. The first-order valence-corrected chi connectivity index (χ1v) is 11.9. The van der Waals surface area contributed by atoms with E-state index in [0.29, 0.717) is 12.0 Å². The van der Waals surface area contributed by atoms with Crippen molar-refractivity contribution in [2.45, 2.75) is 25.8 Å². The van der Waals surface area contributed by atoms with Crippen LogP contribution >= 0.6 is 0 Å². The molecule has 0 aliphatic carbocycles. The molecule has 0 aliphatic rings. The van der Waals surface area contributed by atoms with Crippen molar-refractivity contribution in [1.82, 2.24) is 15.1 Å². The second-order valence-corrected chi connectivity index (χ2v) is 8.16. The number of methoxy groups -OCH3 is 1. The molecular formula is C29H29N3O4. The van der Waals surface area contributed by atoms with Gasteiger partial charge in [0.25, 0.3) is 0 Å². The molecule has 0 bridgehead atoms. The zero-order valence-corrected chi connectivity index (χ0v) is 20.4. The van der Waals surface area contributed by atoms with E-state index in [4.69, 9.17) is 14.6 Å². The third-order valence-corrected chi connectivity index (χ3v) is 5.72. The molecule has 7 nitrogen and oxygen atoms in total. The highest BCUT2D eigenvalue weighted by molar-refractivity contribution is 5.85. The minimum Gasteiger partial charge on any atom is -0.497 e. The van der Waals surface area contributed by atoms with E-state index in [2.05, 4.69) is 5.32 Å². The van der Waals surface area contributed by atoms with Gasteiger partial charge in [-0.15, -0.1) is 0 Å². The summed E-state index contributed by atoms with van der Waals surface area (Å²) in [5.41, 5.74) is 4.27. The summed E-state index contributed by atoms with van der Waals surface area (Å²) >= 11 is 0. The molecule has 1 unspecified atom stereocenters. The standard InChI is InChI=1S/C29H29N3O4/c1-3-36-29(34)28(22-12-8-5-9-13-22)30-27(33)19-14-23-20-26(21-10-6-4-7-11-21)32(31-23)24-15-17-25(35-2)18-16-24/h4-13,15-18,20,28H,3,14,19H2,1-2H3,(H,30,33). The van der Waals surface area contributed by atoms with E-state index in [9.17, 15) is 9.59 Å². The molecule has 1 atom stereocenters. The van der Waals surface area contributed by atoms with Crippen LogP contribution in [0, 0.1) is 0 Å². The van der Waals surface area contributed by atoms with Gasteiger partial charge in [0, 0.05) is 18.4 Å². The Bertz CT molecular complexity index is 1290. The molecule has 1 N–H and O–H groups in total. The van der Waals surface area contributed by atoms with Gasteiger partial charge < -0.3 is 14.8 Å². The number of benzene rings is 3. The average Bonchev–Trinajstić information content (AvgIpc) is 3.36. The van der Waals surface area contributed by atoms with Crippen molar-refractivity contribution >= 4 is 11.9 Å². The van der Waals surface area contributed by atoms with Crippen LogP contribution in [0.15, 0.2) is 91.0 Å². The second kappa shape index (κ2) is 11.8. The van der Waals surface area contributed by atoms with Crippen molar-refractivity contribution in [3.8, 4) is 22.7 Å². The van der Waals surface area contributed by atoms with Crippen LogP contribution in [-0.4, -0.2) is 35.4 Å². The number of ether oxygens (including phenoxy) is 2. The van der Waals surface area contributed by atoms with Gasteiger partial charge in [0.05, 0.1) is 30.8 Å². The number of amides is 1. The summed E-state index contributed by atoms with van der Waals surface area (Å²) in [6.45, 7) is 1.98. The third kappa shape index (κ3) is 5.99. The molecule has 4 rings (SSSR count). The highest BCUT2D eigenvalue weighted by atomic mass is 16.5. The molecule has 0 spiro atoms. The van der Waals surface area contributed by atoms with Gasteiger partial charge in [0.1, 0.15) is 5.75 Å². The lowest BCUT2D eigenvalue weighted by Crippen LogP contribution is -2.35. The first-order chi connectivity index (χ1) is 17.6. The van der Waals surface area contributed by atoms with Crippen molar-refractivity contribution < 1.29 is 19.1 Å². The summed E-state index contributed by atoms with van der Waals surface area (Å²) in [5, 5.41) is 7.61. The van der Waals surface area contributed by atoms with E-state index in [0.717, 1.165) is 28.4 Å². The Morgan fingerprint density at radius 2 is 1.61 bits per heavy atom. The van der Waals surface area contributed by atoms with Crippen LogP contribution in [0.4, 0.5) is 0 Å². The van der Waals surface area contributed by atoms with E-state index in [-0.39, 0.29) is 18.9 Å². The van der Waals surface area contributed by atoms with Crippen molar-refractivity contribution in [2.24, 2.45) is 0 Å². The van der Waals surface area contributed by atoms with Crippen LogP contribution in [0.25, 0.3) is 16.9 Å². The predicted molar refractivity (Wildman–Crippen MR) is 138 cm³/mol. The number of esters is 1. The van der Waals surface area contributed by atoms with Gasteiger partial charge >= 0.3 is 5.97 Å². The predicted octanol–water partition coefficient (Wildman–Crippen LogP) is 4.90. The van der Waals surface area contributed by atoms with E-state index in [1.165, 1.54) is 0 Å². The SMILES string of the molecule is CCOC(=O)C(NC(=O)CCc1cc(-c2ccccc2)n(-c2ccc(OC)cc2)n1)c1ccccc1. The Balaban J connectivity index is 1.53. The number of carbonyl (C=O) groups excluding carboxylic acids is 2. The fourth-order valence-electron chi connectivity index (χ4n) is 3.91. The highest BCUT2D eigenvalue weighted by Gasteiger charge is 2.24. The van der Waals surface area contributed by atoms with Crippen LogP contribution in [0.2, 0.25) is 0 Å². The first kappa shape index (κ1) is 24.7. The maximum absolute atomic E-state index is 12.8. The lowest BCUT2D eigenvalue weighted by Gasteiger charge is -2.17. The van der Waals surface area contributed by atoms with Gasteiger partial charge in [-0.05, 0) is 42.8 Å². The van der Waals surface area contributed by atoms with Gasteiger partial charge in [-0.1, -0.05) is 60.7 Å². The molecule has 1 amide bonds.